The maximum absolute atomic E-state index is 13.0. The molecule has 0 fully saturated rings. The minimum Gasteiger partial charge on any atom is -0.398 e. The third-order valence-electron chi connectivity index (χ3n) is 2.23. The Morgan fingerprint density at radius 3 is 2.69 bits per heavy atom. The zero-order valence-electron chi connectivity index (χ0n) is 9.83. The van der Waals surface area contributed by atoms with Crippen molar-refractivity contribution in [3.05, 3.63) is 29.6 Å². The van der Waals surface area contributed by atoms with E-state index < -0.39 is 5.82 Å². The highest BCUT2D eigenvalue weighted by molar-refractivity contribution is 5.98. The molecule has 1 aromatic carbocycles. The third kappa shape index (κ3) is 2.95. The second-order valence-corrected chi connectivity index (χ2v) is 4.31. The van der Waals surface area contributed by atoms with Crippen LogP contribution in [0.2, 0.25) is 0 Å². The second-order valence-electron chi connectivity index (χ2n) is 4.31. The Morgan fingerprint density at radius 1 is 1.50 bits per heavy atom. The van der Waals surface area contributed by atoms with Gasteiger partial charge in [-0.25, -0.2) is 4.39 Å². The summed E-state index contributed by atoms with van der Waals surface area (Å²) in [5.41, 5.74) is 6.18. The molecular formula is C12H17FN2O. The Kier molecular flexibility index (Phi) is 3.88. The van der Waals surface area contributed by atoms with E-state index in [1.54, 1.807) is 11.9 Å². The van der Waals surface area contributed by atoms with Crippen LogP contribution in [0.3, 0.4) is 0 Å². The van der Waals surface area contributed by atoms with Crippen molar-refractivity contribution in [1.29, 1.82) is 0 Å². The highest BCUT2D eigenvalue weighted by Crippen LogP contribution is 2.15. The van der Waals surface area contributed by atoms with Gasteiger partial charge in [-0.1, -0.05) is 13.8 Å². The molecule has 1 aromatic rings. The average Bonchev–Trinajstić information content (AvgIpc) is 2.19. The van der Waals surface area contributed by atoms with Crippen LogP contribution in [0.1, 0.15) is 24.2 Å². The van der Waals surface area contributed by atoms with E-state index in [1.165, 1.54) is 18.2 Å². The molecule has 1 amide bonds. The molecule has 0 bridgehead atoms. The Hall–Kier alpha value is -1.58. The molecule has 88 valence electrons. The summed E-state index contributed by atoms with van der Waals surface area (Å²) >= 11 is 0. The number of carbonyl (C=O) groups excluding carboxylic acids is 1. The van der Waals surface area contributed by atoms with Crippen molar-refractivity contribution in [3.63, 3.8) is 0 Å². The lowest BCUT2D eigenvalue weighted by molar-refractivity contribution is 0.0779. The lowest BCUT2D eigenvalue weighted by Crippen LogP contribution is -2.30. The summed E-state index contributed by atoms with van der Waals surface area (Å²) in [5.74, 6) is -0.329. The number of amides is 1. The van der Waals surface area contributed by atoms with Crippen LogP contribution >= 0.6 is 0 Å². The molecule has 0 spiro atoms. The minimum absolute atomic E-state index is 0.225. The number of anilines is 1. The van der Waals surface area contributed by atoms with Crippen LogP contribution in [0.5, 0.6) is 0 Å². The van der Waals surface area contributed by atoms with Crippen molar-refractivity contribution in [3.8, 4) is 0 Å². The molecule has 0 aliphatic rings. The third-order valence-corrected chi connectivity index (χ3v) is 2.23. The summed E-state index contributed by atoms with van der Waals surface area (Å²) in [5, 5.41) is 0. The van der Waals surface area contributed by atoms with E-state index in [0.717, 1.165) is 0 Å². The Labute approximate surface area is 95.0 Å². The lowest BCUT2D eigenvalue weighted by atomic mass is 10.1. The monoisotopic (exact) mass is 224 g/mol. The molecule has 0 saturated carbocycles. The summed E-state index contributed by atoms with van der Waals surface area (Å²) < 4.78 is 13.0. The highest BCUT2D eigenvalue weighted by Gasteiger charge is 2.16. The van der Waals surface area contributed by atoms with E-state index in [9.17, 15) is 9.18 Å². The molecule has 0 saturated heterocycles. The van der Waals surface area contributed by atoms with Crippen LogP contribution in [0.25, 0.3) is 0 Å². The molecule has 16 heavy (non-hydrogen) atoms. The van der Waals surface area contributed by atoms with Crippen molar-refractivity contribution in [2.45, 2.75) is 13.8 Å². The number of nitrogens with zero attached hydrogens (tertiary/aromatic N) is 1. The number of rotatable bonds is 3. The average molecular weight is 224 g/mol. The van der Waals surface area contributed by atoms with Gasteiger partial charge in [0.15, 0.2) is 0 Å². The maximum Gasteiger partial charge on any atom is 0.255 e. The summed E-state index contributed by atoms with van der Waals surface area (Å²) in [6, 6.07) is 3.83. The van der Waals surface area contributed by atoms with Crippen LogP contribution in [-0.2, 0) is 0 Å². The van der Waals surface area contributed by atoms with Gasteiger partial charge in [-0.2, -0.15) is 0 Å². The van der Waals surface area contributed by atoms with Crippen LogP contribution in [0.4, 0.5) is 10.1 Å². The Morgan fingerprint density at radius 2 is 2.12 bits per heavy atom. The molecule has 2 N–H and O–H groups in total. The lowest BCUT2D eigenvalue weighted by Gasteiger charge is -2.20. The maximum atomic E-state index is 13.0. The number of benzene rings is 1. The summed E-state index contributed by atoms with van der Waals surface area (Å²) in [7, 11) is 1.69. The van der Waals surface area contributed by atoms with Crippen molar-refractivity contribution in [2.24, 2.45) is 5.92 Å². The molecular weight excluding hydrogens is 207 g/mol. The predicted octanol–water partition coefficient (Wildman–Crippen LogP) is 2.14. The minimum atomic E-state index is -0.449. The van der Waals surface area contributed by atoms with Gasteiger partial charge < -0.3 is 10.6 Å². The molecule has 0 aromatic heterocycles. The molecule has 0 atom stereocenters. The molecule has 0 radical (unpaired) electrons. The van der Waals surface area contributed by atoms with Gasteiger partial charge in [0, 0.05) is 19.3 Å². The van der Waals surface area contributed by atoms with E-state index in [4.69, 9.17) is 5.73 Å². The van der Waals surface area contributed by atoms with Gasteiger partial charge in [0.25, 0.3) is 5.91 Å². The number of carbonyl (C=O) groups is 1. The number of hydrogen-bond donors (Lipinski definition) is 1. The molecule has 0 aliphatic heterocycles. The number of nitrogen functional groups attached to an aromatic ring is 1. The fraction of sp³-hybridized carbons (Fsp3) is 0.417. The van der Waals surface area contributed by atoms with Crippen molar-refractivity contribution in [1.82, 2.24) is 4.90 Å². The first kappa shape index (κ1) is 12.5. The topological polar surface area (TPSA) is 46.3 Å². The van der Waals surface area contributed by atoms with Crippen molar-refractivity contribution >= 4 is 11.6 Å². The van der Waals surface area contributed by atoms with Gasteiger partial charge in [-0.3, -0.25) is 4.79 Å². The SMILES string of the molecule is CC(C)CN(C)C(=O)c1cc(F)ccc1N. The largest absolute Gasteiger partial charge is 0.398 e. The zero-order chi connectivity index (χ0) is 12.3. The first-order chi connectivity index (χ1) is 7.41. The molecule has 1 rings (SSSR count). The van der Waals surface area contributed by atoms with Gasteiger partial charge in [0.2, 0.25) is 0 Å². The number of halogens is 1. The van der Waals surface area contributed by atoms with Gasteiger partial charge in [-0.15, -0.1) is 0 Å². The number of hydrogen-bond acceptors (Lipinski definition) is 2. The van der Waals surface area contributed by atoms with E-state index in [-0.39, 0.29) is 11.5 Å². The summed E-state index contributed by atoms with van der Waals surface area (Å²) in [6.45, 7) is 4.65. The normalized spacial score (nSPS) is 10.6. The second kappa shape index (κ2) is 4.96. The van der Waals surface area contributed by atoms with Crippen LogP contribution in [0, 0.1) is 11.7 Å². The number of nitrogens with two attached hydrogens (primary N) is 1. The van der Waals surface area contributed by atoms with Gasteiger partial charge in [-0.05, 0) is 24.1 Å². The molecule has 3 nitrogen and oxygen atoms in total. The van der Waals surface area contributed by atoms with Gasteiger partial charge in [0.05, 0.1) is 5.56 Å². The standard InChI is InChI=1S/C12H17FN2O/c1-8(2)7-15(3)12(16)10-6-9(13)4-5-11(10)14/h4-6,8H,7,14H2,1-3H3. The van der Waals surface area contributed by atoms with E-state index in [2.05, 4.69) is 0 Å². The quantitative estimate of drug-likeness (QED) is 0.799. The van der Waals surface area contributed by atoms with Crippen LogP contribution in [0.15, 0.2) is 18.2 Å². The highest BCUT2D eigenvalue weighted by atomic mass is 19.1. The van der Waals surface area contributed by atoms with Crippen molar-refractivity contribution in [2.75, 3.05) is 19.3 Å². The zero-order valence-corrected chi connectivity index (χ0v) is 9.83. The van der Waals surface area contributed by atoms with Crippen LogP contribution in [-0.4, -0.2) is 24.4 Å². The Bertz CT molecular complexity index is 391. The molecule has 4 heteroatoms. The van der Waals surface area contributed by atoms with Gasteiger partial charge in [0.1, 0.15) is 5.82 Å². The fourth-order valence-electron chi connectivity index (χ4n) is 1.55. The summed E-state index contributed by atoms with van der Waals surface area (Å²) in [6.07, 6.45) is 0. The molecule has 0 heterocycles. The van der Waals surface area contributed by atoms with E-state index in [0.29, 0.717) is 18.2 Å². The molecule has 0 aliphatic carbocycles. The molecule has 0 unspecified atom stereocenters. The smallest absolute Gasteiger partial charge is 0.255 e. The van der Waals surface area contributed by atoms with Gasteiger partial charge >= 0.3 is 0 Å². The van der Waals surface area contributed by atoms with Crippen molar-refractivity contribution < 1.29 is 9.18 Å². The first-order valence-corrected chi connectivity index (χ1v) is 5.22. The fourth-order valence-corrected chi connectivity index (χ4v) is 1.55. The Balaban J connectivity index is 2.91. The van der Waals surface area contributed by atoms with Crippen LogP contribution < -0.4 is 5.73 Å². The van der Waals surface area contributed by atoms with E-state index in [1.807, 2.05) is 13.8 Å². The summed E-state index contributed by atoms with van der Waals surface area (Å²) in [4.78, 5) is 13.5. The first-order valence-electron chi connectivity index (χ1n) is 5.22. The predicted molar refractivity (Wildman–Crippen MR) is 62.6 cm³/mol. The van der Waals surface area contributed by atoms with E-state index >= 15 is 0 Å².